The van der Waals surface area contributed by atoms with Crippen molar-refractivity contribution in [2.75, 3.05) is 0 Å². The van der Waals surface area contributed by atoms with E-state index in [0.717, 1.165) is 33.2 Å². The number of aromatic nitrogens is 2. The highest BCUT2D eigenvalue weighted by molar-refractivity contribution is 6.08. The molecule has 0 bridgehead atoms. The summed E-state index contributed by atoms with van der Waals surface area (Å²) in [6.45, 7) is 6.48. The highest BCUT2D eigenvalue weighted by Crippen LogP contribution is 2.39. The molecule has 3 aromatic heterocycles. The van der Waals surface area contributed by atoms with Crippen LogP contribution in [0.2, 0.25) is 0 Å². The summed E-state index contributed by atoms with van der Waals surface area (Å²) in [7, 11) is 2.04. The van der Waals surface area contributed by atoms with Crippen LogP contribution in [0.15, 0.2) is 47.0 Å². The third kappa shape index (κ3) is 3.04. The number of fused-ring (bicyclic) bond motifs is 3. The SMILES string of the molecule is [2H]C1([2H])CCCC1([2H])c1ccc2c(n1)oc1c(-c3cc(C(C)C)cc[n+]3C)c(C)ccc12. The maximum atomic E-state index is 8.85. The lowest BCUT2D eigenvalue weighted by atomic mass is 9.97. The van der Waals surface area contributed by atoms with Crippen LogP contribution in [-0.4, -0.2) is 4.98 Å². The molecule has 1 unspecified atom stereocenters. The molecular formula is C26H29N2O+. The summed E-state index contributed by atoms with van der Waals surface area (Å²) in [5.41, 5.74) is 6.24. The minimum atomic E-state index is -1.59. The summed E-state index contributed by atoms with van der Waals surface area (Å²) in [4.78, 5) is 4.69. The Hall–Kier alpha value is -2.68. The fourth-order valence-corrected chi connectivity index (χ4v) is 4.31. The minimum Gasteiger partial charge on any atom is -0.437 e. The highest BCUT2D eigenvalue weighted by Gasteiger charge is 2.23. The van der Waals surface area contributed by atoms with E-state index >= 15 is 0 Å². The van der Waals surface area contributed by atoms with Crippen molar-refractivity contribution in [2.45, 2.75) is 58.2 Å². The van der Waals surface area contributed by atoms with Crippen molar-refractivity contribution in [1.29, 1.82) is 0 Å². The number of aryl methyl sites for hydroxylation is 2. The fourth-order valence-electron chi connectivity index (χ4n) is 4.31. The van der Waals surface area contributed by atoms with Crippen LogP contribution in [0, 0.1) is 6.92 Å². The van der Waals surface area contributed by atoms with Crippen LogP contribution in [0.3, 0.4) is 0 Å². The van der Waals surface area contributed by atoms with Gasteiger partial charge in [0.2, 0.25) is 11.4 Å². The van der Waals surface area contributed by atoms with Crippen molar-refractivity contribution in [1.82, 2.24) is 4.98 Å². The number of hydrogen-bond acceptors (Lipinski definition) is 2. The largest absolute Gasteiger partial charge is 0.437 e. The zero-order chi connectivity index (χ0) is 22.8. The van der Waals surface area contributed by atoms with Crippen molar-refractivity contribution in [3.63, 3.8) is 0 Å². The Kier molecular flexibility index (Phi) is 3.66. The van der Waals surface area contributed by atoms with Gasteiger partial charge >= 0.3 is 0 Å². The van der Waals surface area contributed by atoms with Crippen molar-refractivity contribution in [3.8, 4) is 11.3 Å². The van der Waals surface area contributed by atoms with E-state index in [4.69, 9.17) is 13.5 Å². The Balaban J connectivity index is 1.75. The molecule has 3 heteroatoms. The van der Waals surface area contributed by atoms with E-state index in [2.05, 4.69) is 55.8 Å². The Morgan fingerprint density at radius 3 is 2.76 bits per heavy atom. The Labute approximate surface area is 176 Å². The fraction of sp³-hybridized carbons (Fsp3) is 0.385. The lowest BCUT2D eigenvalue weighted by molar-refractivity contribution is -0.660. The topological polar surface area (TPSA) is 29.9 Å². The van der Waals surface area contributed by atoms with E-state index in [1.165, 1.54) is 5.56 Å². The van der Waals surface area contributed by atoms with Gasteiger partial charge in [-0.05, 0) is 48.9 Å². The number of furan rings is 1. The summed E-state index contributed by atoms with van der Waals surface area (Å²) in [6, 6.07) is 12.3. The molecule has 1 aromatic carbocycles. The average molecular weight is 389 g/mol. The van der Waals surface area contributed by atoms with Gasteiger partial charge in [0.05, 0.1) is 5.56 Å². The lowest BCUT2D eigenvalue weighted by Crippen LogP contribution is -2.31. The first-order valence-corrected chi connectivity index (χ1v) is 10.5. The third-order valence-electron chi connectivity index (χ3n) is 6.06. The summed E-state index contributed by atoms with van der Waals surface area (Å²) < 4.78 is 34.0. The maximum absolute atomic E-state index is 8.85. The van der Waals surface area contributed by atoms with Gasteiger partial charge in [0.15, 0.2) is 11.8 Å². The first-order chi connectivity index (χ1) is 15.1. The average Bonchev–Trinajstić information content (AvgIpc) is 3.24. The molecule has 0 N–H and O–H groups in total. The van der Waals surface area contributed by atoms with E-state index in [1.807, 2.05) is 19.2 Å². The zero-order valence-electron chi connectivity index (χ0n) is 20.5. The molecule has 1 saturated carbocycles. The molecule has 3 heterocycles. The number of pyridine rings is 2. The van der Waals surface area contributed by atoms with Crippen LogP contribution in [0.4, 0.5) is 0 Å². The molecule has 3 nitrogen and oxygen atoms in total. The van der Waals surface area contributed by atoms with Gasteiger partial charge in [-0.1, -0.05) is 38.8 Å². The van der Waals surface area contributed by atoms with Gasteiger partial charge in [-0.3, -0.25) is 0 Å². The molecule has 1 aliphatic rings. The second-order valence-electron chi connectivity index (χ2n) is 8.41. The summed E-state index contributed by atoms with van der Waals surface area (Å²) in [5, 5.41) is 1.89. The minimum absolute atomic E-state index is 0.391. The van der Waals surface area contributed by atoms with Crippen LogP contribution in [0.5, 0.6) is 0 Å². The second-order valence-corrected chi connectivity index (χ2v) is 8.41. The molecular weight excluding hydrogens is 356 g/mol. The van der Waals surface area contributed by atoms with Crippen LogP contribution in [0.1, 0.15) is 72.2 Å². The molecule has 1 atom stereocenters. The first-order valence-electron chi connectivity index (χ1n) is 12.0. The van der Waals surface area contributed by atoms with Crippen LogP contribution in [-0.2, 0) is 7.05 Å². The number of nitrogens with zero attached hydrogens (tertiary/aromatic N) is 2. The molecule has 4 aromatic rings. The molecule has 0 saturated heterocycles. The Bertz CT molecular complexity index is 1360. The van der Waals surface area contributed by atoms with E-state index in [-0.39, 0.29) is 0 Å². The first kappa shape index (κ1) is 15.2. The van der Waals surface area contributed by atoms with Gasteiger partial charge < -0.3 is 4.42 Å². The molecule has 29 heavy (non-hydrogen) atoms. The predicted octanol–water partition coefficient (Wildman–Crippen LogP) is 6.56. The molecule has 0 spiro atoms. The van der Waals surface area contributed by atoms with Gasteiger partial charge in [0.25, 0.3) is 0 Å². The van der Waals surface area contributed by atoms with Gasteiger partial charge in [-0.2, -0.15) is 0 Å². The van der Waals surface area contributed by atoms with Crippen LogP contribution < -0.4 is 4.57 Å². The summed E-state index contributed by atoms with van der Waals surface area (Å²) in [5.74, 6) is -0.916. The Morgan fingerprint density at radius 2 is 2.00 bits per heavy atom. The highest BCUT2D eigenvalue weighted by atomic mass is 16.3. The number of benzene rings is 1. The van der Waals surface area contributed by atoms with Gasteiger partial charge in [0, 0.05) is 38.6 Å². The van der Waals surface area contributed by atoms with Crippen molar-refractivity contribution in [2.24, 2.45) is 7.05 Å². The molecule has 1 aliphatic carbocycles. The van der Waals surface area contributed by atoms with Crippen molar-refractivity contribution >= 4 is 22.1 Å². The molecule has 0 aliphatic heterocycles. The molecule has 1 fully saturated rings. The smallest absolute Gasteiger partial charge is 0.227 e. The zero-order valence-corrected chi connectivity index (χ0v) is 17.5. The maximum Gasteiger partial charge on any atom is 0.227 e. The monoisotopic (exact) mass is 388 g/mol. The van der Waals surface area contributed by atoms with E-state index in [1.54, 1.807) is 0 Å². The van der Waals surface area contributed by atoms with E-state index in [0.29, 0.717) is 36.6 Å². The van der Waals surface area contributed by atoms with Gasteiger partial charge in [-0.25, -0.2) is 9.55 Å². The van der Waals surface area contributed by atoms with Gasteiger partial charge in [0.1, 0.15) is 7.05 Å². The molecule has 0 amide bonds. The lowest BCUT2D eigenvalue weighted by Gasteiger charge is -2.09. The summed E-state index contributed by atoms with van der Waals surface area (Å²) in [6.07, 6.45) is 2.06. The van der Waals surface area contributed by atoms with Crippen molar-refractivity contribution in [3.05, 3.63) is 59.4 Å². The quantitative estimate of drug-likeness (QED) is 0.372. The summed E-state index contributed by atoms with van der Waals surface area (Å²) >= 11 is 0. The third-order valence-corrected chi connectivity index (χ3v) is 6.06. The molecule has 5 rings (SSSR count). The van der Waals surface area contributed by atoms with Crippen LogP contribution >= 0.6 is 0 Å². The number of hydrogen-bond donors (Lipinski definition) is 0. The standard InChI is InChI=1S/C26H29N2O/c1-16(2)19-13-14-28(4)23(15-19)24-17(3)9-10-20-21-11-12-22(18-7-5-6-8-18)27-26(21)29-25(20)24/h9-16,18H,5-8H2,1-4H3/q+1/i7D2,18D. The van der Waals surface area contributed by atoms with Crippen molar-refractivity contribution < 1.29 is 13.1 Å². The predicted molar refractivity (Wildman–Crippen MR) is 118 cm³/mol. The molecule has 0 radical (unpaired) electrons. The Morgan fingerprint density at radius 1 is 1.17 bits per heavy atom. The second kappa shape index (κ2) is 6.98. The van der Waals surface area contributed by atoms with Crippen LogP contribution in [0.25, 0.3) is 33.3 Å². The van der Waals surface area contributed by atoms with E-state index < -0.39 is 12.3 Å². The molecule has 148 valence electrons. The van der Waals surface area contributed by atoms with E-state index in [9.17, 15) is 0 Å². The van der Waals surface area contributed by atoms with Gasteiger partial charge in [-0.15, -0.1) is 0 Å². The normalized spacial score (nSPS) is 22.9. The number of rotatable bonds is 3.